The van der Waals surface area contributed by atoms with E-state index in [2.05, 4.69) is 4.74 Å². The van der Waals surface area contributed by atoms with Gasteiger partial charge in [0, 0.05) is 6.54 Å². The molecule has 0 spiro atoms. The van der Waals surface area contributed by atoms with Crippen LogP contribution in [-0.4, -0.2) is 35.2 Å². The molecule has 1 saturated heterocycles. The van der Waals surface area contributed by atoms with Crippen LogP contribution in [0, 0.1) is 11.5 Å². The Morgan fingerprint density at radius 2 is 2.06 bits per heavy atom. The first kappa shape index (κ1) is 13.3. The molecule has 94 valence electrons. The lowest BCUT2D eigenvalue weighted by Gasteiger charge is -2.26. The van der Waals surface area contributed by atoms with E-state index in [0.717, 1.165) is 0 Å². The van der Waals surface area contributed by atoms with Crippen LogP contribution in [0.15, 0.2) is 0 Å². The zero-order chi connectivity index (χ0) is 13.1. The molecule has 0 N–H and O–H groups in total. The Bertz CT molecular complexity index is 353. The average Bonchev–Trinajstić information content (AvgIpc) is 2.63. The van der Waals surface area contributed by atoms with E-state index >= 15 is 0 Å². The minimum atomic E-state index is -0.704. The number of nitriles is 1. The lowest BCUT2D eigenvalue weighted by molar-refractivity contribution is -0.142. The molecule has 1 aliphatic heterocycles. The maximum absolute atomic E-state index is 11.8. The van der Waals surface area contributed by atoms with Gasteiger partial charge >= 0.3 is 12.1 Å². The van der Waals surface area contributed by atoms with Crippen molar-refractivity contribution >= 4 is 12.1 Å². The molecule has 1 aliphatic rings. The summed E-state index contributed by atoms with van der Waals surface area (Å²) in [6.07, 6.45) is 1.98. The van der Waals surface area contributed by atoms with Gasteiger partial charge in [0.05, 0.1) is 0 Å². The van der Waals surface area contributed by atoms with E-state index in [1.54, 1.807) is 20.8 Å². The largest absolute Gasteiger partial charge is 0.444 e. The molecule has 0 aromatic carbocycles. The fourth-order valence-electron chi connectivity index (χ4n) is 1.66. The molecule has 1 rings (SSSR count). The van der Waals surface area contributed by atoms with Crippen molar-refractivity contribution in [2.75, 3.05) is 6.54 Å². The van der Waals surface area contributed by atoms with Gasteiger partial charge in [0.25, 0.3) is 6.26 Å². The van der Waals surface area contributed by atoms with E-state index in [0.29, 0.717) is 19.4 Å². The highest BCUT2D eigenvalue weighted by atomic mass is 16.6. The predicted octanol–water partition coefficient (Wildman–Crippen LogP) is 1.41. The van der Waals surface area contributed by atoms with Crippen LogP contribution in [0.5, 0.6) is 0 Å². The van der Waals surface area contributed by atoms with Gasteiger partial charge in [-0.05, 0) is 33.6 Å². The number of esters is 1. The highest BCUT2D eigenvalue weighted by molar-refractivity contribution is 5.82. The number of carbonyl (C=O) groups is 2. The standard InChI is InChI=1S/C11H16N2O4/c1-11(2,3)17-10(15)13-6-4-5-8(13)9(14)16-7-12/h8H,4-6H2,1-3H3. The first-order chi connectivity index (χ1) is 7.85. The quantitative estimate of drug-likeness (QED) is 0.511. The van der Waals surface area contributed by atoms with Gasteiger partial charge in [-0.1, -0.05) is 0 Å². The van der Waals surface area contributed by atoms with E-state index in [4.69, 9.17) is 10.00 Å². The van der Waals surface area contributed by atoms with E-state index in [9.17, 15) is 9.59 Å². The zero-order valence-corrected chi connectivity index (χ0v) is 10.2. The smallest absolute Gasteiger partial charge is 0.411 e. The van der Waals surface area contributed by atoms with Crippen LogP contribution in [-0.2, 0) is 14.3 Å². The Labute approximate surface area is 100 Å². The van der Waals surface area contributed by atoms with Crippen molar-refractivity contribution in [3.05, 3.63) is 0 Å². The van der Waals surface area contributed by atoms with E-state index in [-0.39, 0.29) is 0 Å². The Hall–Kier alpha value is -1.77. The molecule has 0 aliphatic carbocycles. The van der Waals surface area contributed by atoms with E-state index in [1.165, 1.54) is 11.2 Å². The third-order valence-electron chi connectivity index (χ3n) is 2.30. The van der Waals surface area contributed by atoms with Gasteiger partial charge in [0.15, 0.2) is 0 Å². The highest BCUT2D eigenvalue weighted by Crippen LogP contribution is 2.21. The number of hydrogen-bond acceptors (Lipinski definition) is 5. The van der Waals surface area contributed by atoms with Crippen LogP contribution in [0.1, 0.15) is 33.6 Å². The summed E-state index contributed by atoms with van der Waals surface area (Å²) >= 11 is 0. The minimum Gasteiger partial charge on any atom is -0.444 e. The van der Waals surface area contributed by atoms with E-state index < -0.39 is 23.7 Å². The number of amides is 1. The summed E-state index contributed by atoms with van der Waals surface area (Å²) in [4.78, 5) is 24.5. The second-order valence-corrected chi connectivity index (χ2v) is 4.84. The predicted molar refractivity (Wildman–Crippen MR) is 57.7 cm³/mol. The van der Waals surface area contributed by atoms with Gasteiger partial charge in [0.1, 0.15) is 11.6 Å². The fraction of sp³-hybridized carbons (Fsp3) is 0.727. The molecular weight excluding hydrogens is 224 g/mol. The summed E-state index contributed by atoms with van der Waals surface area (Å²) in [7, 11) is 0. The van der Waals surface area contributed by atoms with Crippen LogP contribution in [0.2, 0.25) is 0 Å². The number of hydrogen-bond donors (Lipinski definition) is 0. The monoisotopic (exact) mass is 240 g/mol. The van der Waals surface area contributed by atoms with Crippen molar-refractivity contribution in [3.63, 3.8) is 0 Å². The number of rotatable bonds is 1. The van der Waals surface area contributed by atoms with Gasteiger partial charge in [-0.2, -0.15) is 0 Å². The summed E-state index contributed by atoms with van der Waals surface area (Å²) in [6.45, 7) is 5.71. The number of carbonyl (C=O) groups excluding carboxylic acids is 2. The number of likely N-dealkylation sites (tertiary alicyclic amines) is 1. The maximum Gasteiger partial charge on any atom is 0.411 e. The fourth-order valence-corrected chi connectivity index (χ4v) is 1.66. The second kappa shape index (κ2) is 5.04. The van der Waals surface area contributed by atoms with Gasteiger partial charge in [-0.25, -0.2) is 9.59 Å². The normalized spacial score (nSPS) is 19.6. The molecule has 1 heterocycles. The van der Waals surface area contributed by atoms with Crippen molar-refractivity contribution in [3.8, 4) is 6.26 Å². The molecule has 1 atom stereocenters. The first-order valence-electron chi connectivity index (χ1n) is 5.44. The maximum atomic E-state index is 11.8. The van der Waals surface area contributed by atoms with Gasteiger partial charge < -0.3 is 9.47 Å². The molecule has 0 bridgehead atoms. The second-order valence-electron chi connectivity index (χ2n) is 4.84. The highest BCUT2D eigenvalue weighted by Gasteiger charge is 2.37. The Kier molecular flexibility index (Phi) is 3.94. The van der Waals surface area contributed by atoms with Crippen molar-refractivity contribution in [1.29, 1.82) is 5.26 Å². The number of ether oxygens (including phenoxy) is 2. The van der Waals surface area contributed by atoms with Crippen LogP contribution < -0.4 is 0 Å². The molecular formula is C11H16N2O4. The molecule has 0 aromatic heterocycles. The minimum absolute atomic E-state index is 0.445. The molecule has 6 heteroatoms. The average molecular weight is 240 g/mol. The number of nitrogens with zero attached hydrogens (tertiary/aromatic N) is 2. The Balaban J connectivity index is 2.67. The Morgan fingerprint density at radius 1 is 1.41 bits per heavy atom. The van der Waals surface area contributed by atoms with E-state index in [1.807, 2.05) is 0 Å². The summed E-state index contributed by atoms with van der Waals surface area (Å²) in [6, 6.07) is -0.704. The van der Waals surface area contributed by atoms with Gasteiger partial charge in [-0.15, -0.1) is 5.26 Å². The molecule has 6 nitrogen and oxygen atoms in total. The van der Waals surface area contributed by atoms with Crippen molar-refractivity contribution in [2.24, 2.45) is 0 Å². The lowest BCUT2D eigenvalue weighted by atomic mass is 10.2. The third-order valence-corrected chi connectivity index (χ3v) is 2.30. The summed E-state index contributed by atoms with van der Waals surface area (Å²) in [5.74, 6) is -0.698. The topological polar surface area (TPSA) is 79.6 Å². The van der Waals surface area contributed by atoms with Crippen LogP contribution in [0.3, 0.4) is 0 Å². The summed E-state index contributed by atoms with van der Waals surface area (Å²) < 4.78 is 9.43. The molecule has 0 saturated carbocycles. The zero-order valence-electron chi connectivity index (χ0n) is 10.2. The summed E-state index contributed by atoms with van der Waals surface area (Å²) in [5.41, 5.74) is -0.608. The van der Waals surface area contributed by atoms with Crippen molar-refractivity contribution in [2.45, 2.75) is 45.3 Å². The van der Waals surface area contributed by atoms with Crippen LogP contribution in [0.25, 0.3) is 0 Å². The summed E-state index contributed by atoms with van der Waals surface area (Å²) in [5, 5.41) is 8.28. The van der Waals surface area contributed by atoms with Crippen molar-refractivity contribution < 1.29 is 19.1 Å². The SMILES string of the molecule is CC(C)(C)OC(=O)N1CCCC1C(=O)OC#N. The molecule has 0 radical (unpaired) electrons. The Morgan fingerprint density at radius 3 is 2.59 bits per heavy atom. The molecule has 0 aromatic rings. The molecule has 17 heavy (non-hydrogen) atoms. The van der Waals surface area contributed by atoms with Crippen LogP contribution >= 0.6 is 0 Å². The molecule has 1 fully saturated rings. The van der Waals surface area contributed by atoms with Crippen molar-refractivity contribution in [1.82, 2.24) is 4.90 Å². The van der Waals surface area contributed by atoms with Gasteiger partial charge in [0.2, 0.25) is 0 Å². The molecule has 1 unspecified atom stereocenters. The lowest BCUT2D eigenvalue weighted by Crippen LogP contribution is -2.43. The molecule has 1 amide bonds. The third kappa shape index (κ3) is 3.63. The van der Waals surface area contributed by atoms with Gasteiger partial charge in [-0.3, -0.25) is 4.90 Å². The first-order valence-corrected chi connectivity index (χ1v) is 5.44. The van der Waals surface area contributed by atoms with Crippen LogP contribution in [0.4, 0.5) is 4.79 Å².